The molecule has 0 bridgehead atoms. The summed E-state index contributed by atoms with van der Waals surface area (Å²) in [5, 5.41) is 11.7. The summed E-state index contributed by atoms with van der Waals surface area (Å²) in [4.78, 5) is 0. The van der Waals surface area contributed by atoms with Crippen molar-refractivity contribution in [2.45, 2.75) is 26.4 Å². The monoisotopic (exact) mass is 307 g/mol. The third kappa shape index (κ3) is 2.81. The van der Waals surface area contributed by atoms with Crippen LogP contribution in [0.25, 0.3) is 0 Å². The van der Waals surface area contributed by atoms with Gasteiger partial charge in [0, 0.05) is 5.92 Å². The average molecular weight is 307 g/mol. The van der Waals surface area contributed by atoms with Crippen LogP contribution in [0.1, 0.15) is 27.8 Å². The van der Waals surface area contributed by atoms with Crippen LogP contribution in [0, 0.1) is 58.2 Å². The van der Waals surface area contributed by atoms with Gasteiger partial charge in [-0.2, -0.15) is 0 Å². The normalized spacial score (nSPS) is 18.1. The Kier molecular flexibility index (Phi) is 4.29. The molecular weight excluding hydrogens is 287 g/mol. The van der Waals surface area contributed by atoms with Crippen LogP contribution in [0.3, 0.4) is 0 Å². The summed E-state index contributed by atoms with van der Waals surface area (Å²) in [5.74, 6) is 0.482. The maximum Gasteiger partial charge on any atom is 0.123 e. The van der Waals surface area contributed by atoms with Gasteiger partial charge in [-0.3, -0.25) is 0 Å². The Labute approximate surface area is 138 Å². The lowest BCUT2D eigenvalue weighted by Crippen LogP contribution is -2.36. The highest BCUT2D eigenvalue weighted by molar-refractivity contribution is 5.57. The van der Waals surface area contributed by atoms with Gasteiger partial charge >= 0.3 is 0 Å². The summed E-state index contributed by atoms with van der Waals surface area (Å²) < 4.78 is 13.3. The van der Waals surface area contributed by atoms with Crippen molar-refractivity contribution in [2.75, 3.05) is 0 Å². The van der Waals surface area contributed by atoms with Crippen molar-refractivity contribution in [3.8, 4) is 0 Å². The average Bonchev–Trinajstić information content (AvgIpc) is 3.01. The zero-order valence-corrected chi connectivity index (χ0v) is 13.6. The summed E-state index contributed by atoms with van der Waals surface area (Å²) in [5.41, 5.74) is 3.44. The molecule has 1 fully saturated rings. The van der Waals surface area contributed by atoms with Crippen molar-refractivity contribution in [1.82, 2.24) is 0 Å². The van der Waals surface area contributed by atoms with Gasteiger partial charge in [-0.1, -0.05) is 29.8 Å². The number of hydrogen-bond donors (Lipinski definition) is 1. The van der Waals surface area contributed by atoms with Crippen molar-refractivity contribution < 1.29 is 9.50 Å². The zero-order valence-electron chi connectivity index (χ0n) is 13.6. The van der Waals surface area contributed by atoms with Gasteiger partial charge in [-0.05, 0) is 80.8 Å². The highest BCUT2D eigenvalue weighted by Crippen LogP contribution is 2.47. The van der Waals surface area contributed by atoms with Gasteiger partial charge in [0.25, 0.3) is 0 Å². The summed E-state index contributed by atoms with van der Waals surface area (Å²) in [7, 11) is 0. The largest absolute Gasteiger partial charge is 0.380 e. The lowest BCUT2D eigenvalue weighted by molar-refractivity contribution is 0.103. The van der Waals surface area contributed by atoms with E-state index in [1.165, 1.54) is 12.1 Å². The number of aliphatic hydroxyl groups is 1. The molecule has 2 aromatic carbocycles. The van der Waals surface area contributed by atoms with E-state index in [1.54, 1.807) is 12.1 Å². The van der Waals surface area contributed by atoms with E-state index in [0.29, 0.717) is 5.56 Å². The Morgan fingerprint density at radius 3 is 1.91 bits per heavy atom. The predicted molar refractivity (Wildman–Crippen MR) is 90.5 cm³/mol. The standard InChI is InChI=1S/C21H20FO/c1-14-12-15(2)20(16(3)13-14)21(23,17-6-4-5-7-17)18-8-10-19(22)11-9-18/h4-13,23H,1-3H3. The third-order valence-corrected chi connectivity index (χ3v) is 4.38. The van der Waals surface area contributed by atoms with Crippen LogP contribution in [0.5, 0.6) is 0 Å². The fourth-order valence-corrected chi connectivity index (χ4v) is 3.51. The highest BCUT2D eigenvalue weighted by atomic mass is 19.1. The second-order valence-electron chi connectivity index (χ2n) is 6.16. The molecule has 23 heavy (non-hydrogen) atoms. The van der Waals surface area contributed by atoms with Crippen LogP contribution >= 0.6 is 0 Å². The second kappa shape index (κ2) is 6.09. The first kappa shape index (κ1) is 16.2. The van der Waals surface area contributed by atoms with E-state index >= 15 is 0 Å². The van der Waals surface area contributed by atoms with Gasteiger partial charge in [0.2, 0.25) is 0 Å². The SMILES string of the molecule is Cc1cc(C)c(C(O)([C]2[CH][CH][CH][CH]2)c2ccc(F)cc2)c(C)c1. The molecule has 0 spiro atoms. The molecule has 0 heterocycles. The highest BCUT2D eigenvalue weighted by Gasteiger charge is 2.44. The van der Waals surface area contributed by atoms with Crippen molar-refractivity contribution in [2.24, 2.45) is 0 Å². The molecule has 1 aliphatic rings. The van der Waals surface area contributed by atoms with Crippen molar-refractivity contribution in [1.29, 1.82) is 0 Å². The number of rotatable bonds is 3. The maximum atomic E-state index is 13.3. The summed E-state index contributed by atoms with van der Waals surface area (Å²) in [6.07, 6.45) is 7.62. The molecule has 0 aromatic heterocycles. The molecule has 3 rings (SSSR count). The zero-order chi connectivity index (χ0) is 16.6. The number of aryl methyl sites for hydroxylation is 3. The van der Waals surface area contributed by atoms with Crippen LogP contribution in [-0.2, 0) is 5.60 Å². The molecule has 0 aliphatic heterocycles. The molecule has 0 saturated heterocycles. The first-order valence-corrected chi connectivity index (χ1v) is 7.72. The van der Waals surface area contributed by atoms with E-state index < -0.39 is 5.60 Å². The molecule has 117 valence electrons. The second-order valence-corrected chi connectivity index (χ2v) is 6.16. The first-order valence-electron chi connectivity index (χ1n) is 7.72. The Hall–Kier alpha value is -1.67. The summed E-state index contributed by atoms with van der Waals surface area (Å²) in [6.45, 7) is 6.06. The molecule has 0 amide bonds. The minimum absolute atomic E-state index is 0.309. The number of hydrogen-bond acceptors (Lipinski definition) is 1. The van der Waals surface area contributed by atoms with E-state index in [-0.39, 0.29) is 5.82 Å². The molecular formula is C21H20FO. The van der Waals surface area contributed by atoms with E-state index in [2.05, 4.69) is 12.1 Å². The first-order chi connectivity index (χ1) is 10.9. The molecule has 1 N–H and O–H groups in total. The fourth-order valence-electron chi connectivity index (χ4n) is 3.51. The lowest BCUT2D eigenvalue weighted by atomic mass is 9.72. The maximum absolute atomic E-state index is 13.3. The van der Waals surface area contributed by atoms with Gasteiger partial charge in [0.15, 0.2) is 0 Å². The molecule has 1 unspecified atom stereocenters. The van der Waals surface area contributed by atoms with Gasteiger partial charge < -0.3 is 5.11 Å². The topological polar surface area (TPSA) is 20.2 Å². The summed E-state index contributed by atoms with van der Waals surface area (Å²) >= 11 is 0. The van der Waals surface area contributed by atoms with Crippen molar-refractivity contribution in [3.05, 3.63) is 102 Å². The number of halogens is 1. The van der Waals surface area contributed by atoms with Gasteiger partial charge in [-0.25, -0.2) is 4.39 Å². The van der Waals surface area contributed by atoms with Crippen LogP contribution < -0.4 is 0 Å². The molecule has 2 heteroatoms. The quantitative estimate of drug-likeness (QED) is 0.891. The minimum atomic E-state index is -1.29. The van der Waals surface area contributed by atoms with Crippen molar-refractivity contribution >= 4 is 0 Å². The van der Waals surface area contributed by atoms with Gasteiger partial charge in [0.1, 0.15) is 11.4 Å². The van der Waals surface area contributed by atoms with Gasteiger partial charge in [-0.15, -0.1) is 0 Å². The molecule has 1 atom stereocenters. The van der Waals surface area contributed by atoms with Crippen molar-refractivity contribution in [3.63, 3.8) is 0 Å². The Morgan fingerprint density at radius 2 is 1.39 bits per heavy atom. The van der Waals surface area contributed by atoms with Crippen LogP contribution in [0.2, 0.25) is 0 Å². The van der Waals surface area contributed by atoms with Crippen LogP contribution in [0.15, 0.2) is 36.4 Å². The minimum Gasteiger partial charge on any atom is -0.380 e. The van der Waals surface area contributed by atoms with Crippen LogP contribution in [-0.4, -0.2) is 5.11 Å². The van der Waals surface area contributed by atoms with E-state index in [9.17, 15) is 9.50 Å². The fraction of sp³-hybridized carbons (Fsp3) is 0.190. The Morgan fingerprint density at radius 1 is 0.870 bits per heavy atom. The van der Waals surface area contributed by atoms with E-state index in [0.717, 1.165) is 28.2 Å². The Bertz CT molecular complexity index is 675. The molecule has 1 saturated carbocycles. The lowest BCUT2D eigenvalue weighted by Gasteiger charge is -2.37. The number of benzene rings is 2. The summed E-state index contributed by atoms with van der Waals surface area (Å²) in [6, 6.07) is 10.2. The smallest absolute Gasteiger partial charge is 0.123 e. The van der Waals surface area contributed by atoms with E-state index in [4.69, 9.17) is 0 Å². The molecule has 2 aromatic rings. The van der Waals surface area contributed by atoms with Gasteiger partial charge in [0.05, 0.1) is 0 Å². The molecule has 1 aliphatic carbocycles. The predicted octanol–water partition coefficient (Wildman–Crippen LogP) is 4.39. The van der Waals surface area contributed by atoms with E-state index in [1.807, 2.05) is 46.5 Å². The Balaban J connectivity index is 2.22. The molecule has 1 nitrogen and oxygen atoms in total. The van der Waals surface area contributed by atoms with Crippen LogP contribution in [0.4, 0.5) is 4.39 Å². The third-order valence-electron chi connectivity index (χ3n) is 4.38. The molecule has 5 radical (unpaired) electrons.